The zero-order valence-electron chi connectivity index (χ0n) is 17.4. The van der Waals surface area contributed by atoms with E-state index in [1.54, 1.807) is 7.11 Å². The van der Waals surface area contributed by atoms with E-state index in [-0.39, 0.29) is 25.2 Å². The fourth-order valence-electron chi connectivity index (χ4n) is 3.93. The number of aryl methyl sites for hydroxylation is 1. The van der Waals surface area contributed by atoms with Crippen LogP contribution in [0.5, 0.6) is 11.8 Å². The van der Waals surface area contributed by atoms with E-state index < -0.39 is 0 Å². The van der Waals surface area contributed by atoms with Gasteiger partial charge in [0, 0.05) is 11.1 Å². The Morgan fingerprint density at radius 3 is 2.74 bits per heavy atom. The first-order valence-electron chi connectivity index (χ1n) is 9.90. The predicted octanol–water partition coefficient (Wildman–Crippen LogP) is 3.99. The number of nitrogens with two attached hydrogens (primary N) is 1. The van der Waals surface area contributed by atoms with Crippen LogP contribution < -0.4 is 15.2 Å². The number of methoxy groups -OCH3 is 1. The molecule has 0 spiro atoms. The third kappa shape index (κ3) is 4.19. The molecule has 0 fully saturated rings. The minimum absolute atomic E-state index is 0.0402. The molecule has 2 aromatic carbocycles. The molecule has 0 radical (unpaired) electrons. The van der Waals surface area contributed by atoms with Gasteiger partial charge in [0.25, 0.3) is 0 Å². The van der Waals surface area contributed by atoms with Crippen LogP contribution in [0.2, 0.25) is 5.02 Å². The van der Waals surface area contributed by atoms with Gasteiger partial charge in [0.1, 0.15) is 12.4 Å². The van der Waals surface area contributed by atoms with E-state index in [0.717, 1.165) is 40.7 Å². The quantitative estimate of drug-likeness (QED) is 0.599. The zero-order chi connectivity index (χ0) is 22.0. The summed E-state index contributed by atoms with van der Waals surface area (Å²) in [5.41, 5.74) is 11.4. The van der Waals surface area contributed by atoms with Crippen LogP contribution in [0.25, 0.3) is 17.0 Å². The fourth-order valence-corrected chi connectivity index (χ4v) is 4.29. The number of allylic oxidation sites excluding steroid dienone is 1. The molecule has 3 N–H and O–H groups in total. The Balaban J connectivity index is 1.73. The van der Waals surface area contributed by atoms with Crippen LogP contribution in [-0.4, -0.2) is 33.8 Å². The Kier molecular flexibility index (Phi) is 6.06. The smallest absolute Gasteiger partial charge is 0.322 e. The molecule has 0 unspecified atom stereocenters. The van der Waals surface area contributed by atoms with Gasteiger partial charge in [0.15, 0.2) is 5.82 Å². The van der Waals surface area contributed by atoms with Crippen molar-refractivity contribution in [3.8, 4) is 23.1 Å². The molecule has 0 atom stereocenters. The van der Waals surface area contributed by atoms with Crippen LogP contribution in [-0.2, 0) is 13.0 Å². The van der Waals surface area contributed by atoms with Crippen molar-refractivity contribution in [1.29, 1.82) is 0 Å². The average Bonchev–Trinajstić information content (AvgIpc) is 2.77. The number of nitrogens with zero attached hydrogens (tertiary/aromatic N) is 3. The summed E-state index contributed by atoms with van der Waals surface area (Å²) in [6.45, 7) is 2.15. The number of halogens is 1. The molecular formula is C23H23ClN4O3. The van der Waals surface area contributed by atoms with E-state index in [0.29, 0.717) is 22.2 Å². The molecular weight excluding hydrogens is 416 g/mol. The second-order valence-electron chi connectivity index (χ2n) is 7.23. The van der Waals surface area contributed by atoms with Crippen molar-refractivity contribution >= 4 is 23.1 Å². The van der Waals surface area contributed by atoms with Crippen molar-refractivity contribution in [3.63, 3.8) is 0 Å². The summed E-state index contributed by atoms with van der Waals surface area (Å²) in [5.74, 6) is 1.10. The summed E-state index contributed by atoms with van der Waals surface area (Å²) in [4.78, 5) is 12.9. The molecule has 1 aliphatic carbocycles. The molecule has 0 amide bonds. The first-order valence-corrected chi connectivity index (χ1v) is 10.3. The van der Waals surface area contributed by atoms with Gasteiger partial charge in [-0.25, -0.2) is 0 Å². The Morgan fingerprint density at radius 1 is 1.16 bits per heavy atom. The fraction of sp³-hybridized carbons (Fsp3) is 0.261. The highest BCUT2D eigenvalue weighted by atomic mass is 35.5. The van der Waals surface area contributed by atoms with Crippen LogP contribution >= 0.6 is 11.6 Å². The molecule has 0 bridgehead atoms. The molecule has 0 aliphatic heterocycles. The standard InChI is InChI=1S/C23H23ClN4O3/c1-13-10-17(24)20(16-8-5-7-14(11-29)19(13)16)21-26-22(25)28-23(27-21)31-12-15-6-3-4-9-18(15)30-2/h3-4,6-7,9-10,29H,5,8,11-12H2,1-2H3,(H2,25,26,27,28). The highest BCUT2D eigenvalue weighted by Crippen LogP contribution is 2.40. The molecule has 8 heteroatoms. The molecule has 3 aromatic rings. The number of hydrogen-bond acceptors (Lipinski definition) is 7. The lowest BCUT2D eigenvalue weighted by atomic mass is 9.84. The van der Waals surface area contributed by atoms with Crippen molar-refractivity contribution in [3.05, 3.63) is 63.7 Å². The van der Waals surface area contributed by atoms with Crippen molar-refractivity contribution in [1.82, 2.24) is 15.0 Å². The maximum absolute atomic E-state index is 9.81. The van der Waals surface area contributed by atoms with E-state index in [1.165, 1.54) is 0 Å². The lowest BCUT2D eigenvalue weighted by molar-refractivity contribution is 0.273. The lowest BCUT2D eigenvalue weighted by Crippen LogP contribution is -2.10. The topological polar surface area (TPSA) is 103 Å². The minimum Gasteiger partial charge on any atom is -0.496 e. The van der Waals surface area contributed by atoms with Crippen molar-refractivity contribution < 1.29 is 14.6 Å². The predicted molar refractivity (Wildman–Crippen MR) is 120 cm³/mol. The summed E-state index contributed by atoms with van der Waals surface area (Å²) in [6.07, 6.45) is 3.61. The first kappa shape index (κ1) is 21.1. The van der Waals surface area contributed by atoms with Gasteiger partial charge in [-0.15, -0.1) is 0 Å². The van der Waals surface area contributed by atoms with E-state index in [9.17, 15) is 5.11 Å². The minimum atomic E-state index is -0.0402. The van der Waals surface area contributed by atoms with Crippen LogP contribution in [0.3, 0.4) is 0 Å². The van der Waals surface area contributed by atoms with Crippen LogP contribution in [0.4, 0.5) is 5.95 Å². The highest BCUT2D eigenvalue weighted by molar-refractivity contribution is 6.33. The molecule has 31 heavy (non-hydrogen) atoms. The largest absolute Gasteiger partial charge is 0.496 e. The number of benzene rings is 2. The molecule has 0 saturated heterocycles. The molecule has 1 aromatic heterocycles. The van der Waals surface area contributed by atoms with Crippen molar-refractivity contribution in [2.24, 2.45) is 0 Å². The van der Waals surface area contributed by atoms with E-state index in [1.807, 2.05) is 37.3 Å². The van der Waals surface area contributed by atoms with E-state index in [2.05, 4.69) is 21.0 Å². The molecule has 160 valence electrons. The molecule has 1 aliphatic rings. The van der Waals surface area contributed by atoms with Gasteiger partial charge in [0.05, 0.1) is 18.7 Å². The summed E-state index contributed by atoms with van der Waals surface area (Å²) >= 11 is 6.63. The number of rotatable bonds is 6. The number of hydrogen-bond donors (Lipinski definition) is 2. The molecule has 1 heterocycles. The maximum Gasteiger partial charge on any atom is 0.322 e. The number of fused-ring (bicyclic) bond motifs is 1. The van der Waals surface area contributed by atoms with Gasteiger partial charge in [-0.1, -0.05) is 35.9 Å². The second kappa shape index (κ2) is 8.91. The summed E-state index contributed by atoms with van der Waals surface area (Å²) in [7, 11) is 1.61. The monoisotopic (exact) mass is 438 g/mol. The number of aromatic nitrogens is 3. The summed E-state index contributed by atoms with van der Waals surface area (Å²) in [5, 5.41) is 10.3. The lowest BCUT2D eigenvalue weighted by Gasteiger charge is -2.23. The van der Waals surface area contributed by atoms with Crippen LogP contribution in [0.15, 0.2) is 36.4 Å². The van der Waals surface area contributed by atoms with Gasteiger partial charge in [0.2, 0.25) is 5.95 Å². The van der Waals surface area contributed by atoms with Crippen LogP contribution in [0, 0.1) is 6.92 Å². The number of anilines is 1. The normalized spacial score (nSPS) is 12.8. The number of aliphatic hydroxyl groups excluding tert-OH is 1. The van der Waals surface area contributed by atoms with Gasteiger partial charge >= 0.3 is 6.01 Å². The Bertz CT molecular complexity index is 1160. The number of ether oxygens (including phenoxy) is 2. The SMILES string of the molecule is COc1ccccc1COc1nc(N)nc(-c2c(Cl)cc(C)c3c2CCC=C3CO)n1. The number of aliphatic hydroxyl groups is 1. The molecule has 4 rings (SSSR count). The van der Waals surface area contributed by atoms with E-state index >= 15 is 0 Å². The molecule has 0 saturated carbocycles. The Labute approximate surface area is 185 Å². The Hall–Kier alpha value is -3.16. The van der Waals surface area contributed by atoms with Crippen molar-refractivity contribution in [2.75, 3.05) is 19.5 Å². The van der Waals surface area contributed by atoms with Gasteiger partial charge < -0.3 is 20.3 Å². The van der Waals surface area contributed by atoms with Crippen molar-refractivity contribution in [2.45, 2.75) is 26.4 Å². The Morgan fingerprint density at radius 2 is 1.97 bits per heavy atom. The maximum atomic E-state index is 9.81. The summed E-state index contributed by atoms with van der Waals surface area (Å²) < 4.78 is 11.2. The number of nitrogen functional groups attached to an aromatic ring is 1. The zero-order valence-corrected chi connectivity index (χ0v) is 18.1. The third-order valence-corrected chi connectivity index (χ3v) is 5.56. The number of para-hydroxylation sites is 1. The molecule has 7 nitrogen and oxygen atoms in total. The van der Waals surface area contributed by atoms with E-state index in [4.69, 9.17) is 26.8 Å². The highest BCUT2D eigenvalue weighted by Gasteiger charge is 2.24. The first-order chi connectivity index (χ1) is 15.0. The third-order valence-electron chi connectivity index (χ3n) is 5.26. The summed E-state index contributed by atoms with van der Waals surface area (Å²) in [6, 6.07) is 9.52. The van der Waals surface area contributed by atoms with Gasteiger partial charge in [-0.3, -0.25) is 0 Å². The van der Waals surface area contributed by atoms with Gasteiger partial charge in [-0.2, -0.15) is 15.0 Å². The van der Waals surface area contributed by atoms with Gasteiger partial charge in [-0.05, 0) is 54.2 Å². The second-order valence-corrected chi connectivity index (χ2v) is 7.64. The van der Waals surface area contributed by atoms with Crippen LogP contribution in [0.1, 0.15) is 28.7 Å². The average molecular weight is 439 g/mol.